The van der Waals surface area contributed by atoms with Crippen molar-refractivity contribution >= 4 is 11.6 Å². The molecule has 0 unspecified atom stereocenters. The lowest BCUT2D eigenvalue weighted by molar-refractivity contribution is 0.0979. The van der Waals surface area contributed by atoms with Crippen LogP contribution < -0.4 is 4.74 Å². The summed E-state index contributed by atoms with van der Waals surface area (Å²) >= 11 is 0. The maximum absolute atomic E-state index is 12.7. The first-order valence-corrected chi connectivity index (χ1v) is 8.63. The molecule has 2 aromatic rings. The molecule has 0 radical (unpaired) electrons. The number of ketones is 2. The van der Waals surface area contributed by atoms with E-state index in [2.05, 4.69) is 71.2 Å². The minimum atomic E-state index is -0.221. The first kappa shape index (κ1) is 19.7. The highest BCUT2D eigenvalue weighted by Crippen LogP contribution is 2.29. The quantitative estimate of drug-likeness (QED) is 0.608. The van der Waals surface area contributed by atoms with Gasteiger partial charge in [-0.1, -0.05) is 30.2 Å². The van der Waals surface area contributed by atoms with Gasteiger partial charge in [0.05, 0.1) is 0 Å². The molecule has 0 aromatic heterocycles. The van der Waals surface area contributed by atoms with Crippen molar-refractivity contribution in [1.29, 1.82) is 0 Å². The molecule has 1 aliphatic carbocycles. The van der Waals surface area contributed by atoms with Crippen LogP contribution in [0.3, 0.4) is 0 Å². The molecule has 0 N–H and O–H groups in total. The second-order valence-electron chi connectivity index (χ2n) is 5.62. The zero-order valence-electron chi connectivity index (χ0n) is 15.8. The average molecular weight is 382 g/mol. The fourth-order valence-corrected chi connectivity index (χ4v) is 2.56. The lowest BCUT2D eigenvalue weighted by Crippen LogP contribution is -2.20. The molecule has 0 aliphatic heterocycles. The van der Waals surface area contributed by atoms with Crippen LogP contribution in [0.25, 0.3) is 0 Å². The summed E-state index contributed by atoms with van der Waals surface area (Å²) in [7, 11) is 0. The van der Waals surface area contributed by atoms with Crippen LogP contribution in [0.15, 0.2) is 42.5 Å². The van der Waals surface area contributed by atoms with Gasteiger partial charge in [-0.15, -0.1) is 0 Å². The smallest absolute Gasteiger partial charge is 0.194 e. The van der Waals surface area contributed by atoms with Gasteiger partial charge in [0.1, 0.15) is 11.9 Å². The monoisotopic (exact) mass is 382 g/mol. The zero-order chi connectivity index (χ0) is 21.2. The average Bonchev–Trinajstić information content (AvgIpc) is 2.78. The number of carbonyl (C=O) groups is 2. The van der Waals surface area contributed by atoms with Crippen molar-refractivity contribution in [2.45, 2.75) is 6.92 Å². The van der Waals surface area contributed by atoms with E-state index in [0.717, 1.165) is 0 Å². The summed E-state index contributed by atoms with van der Waals surface area (Å²) < 4.78 is 5.29. The lowest BCUT2D eigenvalue weighted by Gasteiger charge is -2.17. The second kappa shape index (κ2) is 9.75. The number of ether oxygens (including phenoxy) is 1. The van der Waals surface area contributed by atoms with Gasteiger partial charge < -0.3 is 4.74 Å². The van der Waals surface area contributed by atoms with Gasteiger partial charge in [0.15, 0.2) is 11.6 Å². The molecule has 0 saturated carbocycles. The molecule has 3 rings (SSSR count). The summed E-state index contributed by atoms with van der Waals surface area (Å²) in [5.74, 6) is 27.7. The maximum Gasteiger partial charge on any atom is 0.194 e. The Morgan fingerprint density at radius 1 is 0.600 bits per heavy atom. The SMILES string of the molecule is CC#CC#CC#CC#CC#CC#COc1ccc2c(c1)C(=O)c1ccccc1C2=O. The molecule has 1 aliphatic rings. The van der Waals surface area contributed by atoms with Gasteiger partial charge in [0.2, 0.25) is 0 Å². The first-order valence-electron chi connectivity index (χ1n) is 8.63. The maximum atomic E-state index is 12.7. The molecule has 136 valence electrons. The van der Waals surface area contributed by atoms with Crippen molar-refractivity contribution in [3.05, 3.63) is 64.7 Å². The Hall–Kier alpha value is -5.06. The first-order chi connectivity index (χ1) is 14.7. The van der Waals surface area contributed by atoms with Crippen LogP contribution in [0.5, 0.6) is 5.75 Å². The fourth-order valence-electron chi connectivity index (χ4n) is 2.56. The third-order valence-electron chi connectivity index (χ3n) is 3.80. The highest BCUT2D eigenvalue weighted by molar-refractivity contribution is 6.28. The Balaban J connectivity index is 1.68. The van der Waals surface area contributed by atoms with Crippen molar-refractivity contribution < 1.29 is 14.3 Å². The van der Waals surface area contributed by atoms with E-state index >= 15 is 0 Å². The topological polar surface area (TPSA) is 43.4 Å². The summed E-state index contributed by atoms with van der Waals surface area (Å²) in [6.45, 7) is 1.69. The van der Waals surface area contributed by atoms with Gasteiger partial charge in [0, 0.05) is 51.9 Å². The Bertz CT molecular complexity index is 1440. The Labute approximate surface area is 174 Å². The molecular weight excluding hydrogens is 372 g/mol. The van der Waals surface area contributed by atoms with Crippen LogP contribution in [0, 0.1) is 71.2 Å². The van der Waals surface area contributed by atoms with E-state index in [0.29, 0.717) is 28.0 Å². The lowest BCUT2D eigenvalue weighted by atomic mass is 9.84. The number of benzene rings is 2. The van der Waals surface area contributed by atoms with Crippen molar-refractivity contribution in [3.8, 4) is 77.0 Å². The number of fused-ring (bicyclic) bond motifs is 2. The van der Waals surface area contributed by atoms with E-state index in [4.69, 9.17) is 4.74 Å². The largest absolute Gasteiger partial charge is 0.407 e. The van der Waals surface area contributed by atoms with Crippen molar-refractivity contribution in [3.63, 3.8) is 0 Å². The van der Waals surface area contributed by atoms with Gasteiger partial charge in [-0.05, 0) is 54.7 Å². The molecular formula is C27H10O3. The Kier molecular flexibility index (Phi) is 6.40. The fraction of sp³-hybridized carbons (Fsp3) is 0.0370. The van der Waals surface area contributed by atoms with Crippen LogP contribution in [-0.2, 0) is 0 Å². The second-order valence-corrected chi connectivity index (χ2v) is 5.62. The highest BCUT2D eigenvalue weighted by Gasteiger charge is 2.29. The summed E-state index contributed by atoms with van der Waals surface area (Å²) in [5.41, 5.74) is 1.43. The van der Waals surface area contributed by atoms with Gasteiger partial charge >= 0.3 is 0 Å². The van der Waals surface area contributed by atoms with E-state index in [1.54, 1.807) is 43.3 Å². The van der Waals surface area contributed by atoms with Crippen LogP contribution in [0.2, 0.25) is 0 Å². The molecule has 3 nitrogen and oxygen atoms in total. The third-order valence-corrected chi connectivity index (χ3v) is 3.80. The predicted octanol–water partition coefficient (Wildman–Crippen LogP) is 2.84. The van der Waals surface area contributed by atoms with E-state index in [1.807, 2.05) is 0 Å². The number of hydrogen-bond acceptors (Lipinski definition) is 3. The van der Waals surface area contributed by atoms with Crippen molar-refractivity contribution in [2.24, 2.45) is 0 Å². The summed E-state index contributed by atoms with van der Waals surface area (Å²) in [5, 5.41) is 0. The van der Waals surface area contributed by atoms with Gasteiger partial charge in [-0.3, -0.25) is 9.59 Å². The Morgan fingerprint density at radius 2 is 1.10 bits per heavy atom. The number of rotatable bonds is 1. The predicted molar refractivity (Wildman–Crippen MR) is 113 cm³/mol. The van der Waals surface area contributed by atoms with E-state index in [1.165, 1.54) is 6.07 Å². The van der Waals surface area contributed by atoms with Crippen molar-refractivity contribution in [2.75, 3.05) is 0 Å². The third kappa shape index (κ3) is 4.61. The number of carbonyl (C=O) groups excluding carboxylic acids is 2. The molecule has 0 spiro atoms. The molecule has 0 atom stereocenters. The zero-order valence-corrected chi connectivity index (χ0v) is 15.8. The molecule has 0 fully saturated rings. The van der Waals surface area contributed by atoms with E-state index < -0.39 is 0 Å². The standard InChI is InChI=1S/C27H10O3/c1-2-3-4-5-6-7-8-9-10-11-14-19-30-21-17-18-24-25(20-21)27(29)23-16-13-12-15-22(23)26(24)28/h12-13,15-18,20H,1H3. The molecule has 3 heteroatoms. The molecule has 0 heterocycles. The van der Waals surface area contributed by atoms with Crippen LogP contribution in [0.1, 0.15) is 38.8 Å². The van der Waals surface area contributed by atoms with Crippen LogP contribution >= 0.6 is 0 Å². The van der Waals surface area contributed by atoms with Gasteiger partial charge in [-0.25, -0.2) is 0 Å². The summed E-state index contributed by atoms with van der Waals surface area (Å²) in [6, 6.07) is 11.4. The molecule has 0 saturated heterocycles. The van der Waals surface area contributed by atoms with E-state index in [-0.39, 0.29) is 11.6 Å². The Morgan fingerprint density at radius 3 is 1.70 bits per heavy atom. The van der Waals surface area contributed by atoms with Crippen LogP contribution in [-0.4, -0.2) is 11.6 Å². The minimum absolute atomic E-state index is 0.186. The van der Waals surface area contributed by atoms with E-state index in [9.17, 15) is 9.59 Å². The summed E-state index contributed by atoms with van der Waals surface area (Å²) in [6.07, 6.45) is 2.42. The van der Waals surface area contributed by atoms with Gasteiger partial charge in [-0.2, -0.15) is 0 Å². The minimum Gasteiger partial charge on any atom is -0.407 e. The molecule has 2 aromatic carbocycles. The number of hydrogen-bond donors (Lipinski definition) is 0. The molecule has 0 bridgehead atoms. The molecule has 0 amide bonds. The molecule has 30 heavy (non-hydrogen) atoms. The van der Waals surface area contributed by atoms with Crippen LogP contribution in [0.4, 0.5) is 0 Å². The summed E-state index contributed by atoms with van der Waals surface area (Å²) in [4.78, 5) is 25.2. The van der Waals surface area contributed by atoms with Crippen molar-refractivity contribution in [1.82, 2.24) is 0 Å². The highest BCUT2D eigenvalue weighted by atomic mass is 16.5. The normalized spacial score (nSPS) is 9.37. The van der Waals surface area contributed by atoms with Gasteiger partial charge in [0.25, 0.3) is 0 Å².